The van der Waals surface area contributed by atoms with E-state index in [4.69, 9.17) is 18.9 Å². The van der Waals surface area contributed by atoms with Crippen LogP contribution >= 0.6 is 0 Å². The van der Waals surface area contributed by atoms with Crippen LogP contribution in [0, 0.1) is 0 Å². The highest BCUT2D eigenvalue weighted by Gasteiger charge is 2.25. The van der Waals surface area contributed by atoms with Gasteiger partial charge in [0.05, 0.1) is 14.2 Å². The lowest BCUT2D eigenvalue weighted by molar-refractivity contribution is -1.02. The minimum atomic E-state index is 0.336. The normalized spacial score (nSPS) is 21.1. The van der Waals surface area contributed by atoms with Crippen LogP contribution in [-0.2, 0) is 13.1 Å². The smallest absolute Gasteiger partial charge is 0.231 e. The molecule has 0 aliphatic carbocycles. The van der Waals surface area contributed by atoms with Crippen LogP contribution < -0.4 is 28.7 Å². The summed E-state index contributed by atoms with van der Waals surface area (Å²) in [6.45, 7) is 7.03. The summed E-state index contributed by atoms with van der Waals surface area (Å²) in [6, 6.07) is 12.4. The molecule has 0 radical (unpaired) electrons. The third-order valence-corrected chi connectivity index (χ3v) is 5.49. The highest BCUT2D eigenvalue weighted by atomic mass is 16.7. The van der Waals surface area contributed by atoms with Crippen molar-refractivity contribution in [3.05, 3.63) is 47.5 Å². The number of fused-ring (bicyclic) bond motifs is 1. The van der Waals surface area contributed by atoms with Crippen molar-refractivity contribution in [2.24, 2.45) is 0 Å². The first-order chi connectivity index (χ1) is 13.2. The number of piperazine rings is 1. The molecule has 6 heteroatoms. The topological polar surface area (TPSA) is 45.8 Å². The first kappa shape index (κ1) is 17.9. The van der Waals surface area contributed by atoms with Crippen LogP contribution in [0.4, 0.5) is 0 Å². The van der Waals surface area contributed by atoms with Gasteiger partial charge in [-0.05, 0) is 30.3 Å². The number of hydrogen-bond donors (Lipinski definition) is 2. The fraction of sp³-hybridized carbons (Fsp3) is 0.429. The second kappa shape index (κ2) is 8.06. The Bertz CT molecular complexity index is 788. The molecule has 0 bridgehead atoms. The van der Waals surface area contributed by atoms with Crippen LogP contribution in [-0.4, -0.2) is 47.2 Å². The molecule has 2 N–H and O–H groups in total. The van der Waals surface area contributed by atoms with E-state index in [0.717, 1.165) is 49.2 Å². The molecule has 144 valence electrons. The zero-order valence-electron chi connectivity index (χ0n) is 16.0. The van der Waals surface area contributed by atoms with Crippen molar-refractivity contribution in [3.63, 3.8) is 0 Å². The van der Waals surface area contributed by atoms with Crippen molar-refractivity contribution >= 4 is 0 Å². The molecule has 0 spiro atoms. The second-order valence-electron chi connectivity index (χ2n) is 7.22. The summed E-state index contributed by atoms with van der Waals surface area (Å²) in [7, 11) is 3.41. The fourth-order valence-electron chi connectivity index (χ4n) is 3.92. The van der Waals surface area contributed by atoms with E-state index in [1.807, 2.05) is 18.2 Å². The molecule has 2 aromatic carbocycles. The molecule has 2 aromatic rings. The number of quaternary nitrogens is 2. The molecule has 6 nitrogen and oxygen atoms in total. The van der Waals surface area contributed by atoms with Crippen molar-refractivity contribution in [2.75, 3.05) is 47.2 Å². The molecule has 0 aromatic heterocycles. The largest absolute Gasteiger partial charge is 0.497 e. The van der Waals surface area contributed by atoms with Gasteiger partial charge in [0.25, 0.3) is 0 Å². The lowest BCUT2D eigenvalue weighted by Crippen LogP contribution is -3.27. The van der Waals surface area contributed by atoms with E-state index in [2.05, 4.69) is 18.2 Å². The zero-order valence-corrected chi connectivity index (χ0v) is 16.0. The Kier molecular flexibility index (Phi) is 5.36. The summed E-state index contributed by atoms with van der Waals surface area (Å²) >= 11 is 0. The summed E-state index contributed by atoms with van der Waals surface area (Å²) in [5, 5.41) is 0. The predicted octanol–water partition coefficient (Wildman–Crippen LogP) is -0.0839. The molecule has 27 heavy (non-hydrogen) atoms. The van der Waals surface area contributed by atoms with Crippen molar-refractivity contribution in [2.45, 2.75) is 13.1 Å². The van der Waals surface area contributed by atoms with E-state index in [9.17, 15) is 0 Å². The van der Waals surface area contributed by atoms with Gasteiger partial charge in [0.1, 0.15) is 50.8 Å². The van der Waals surface area contributed by atoms with Crippen LogP contribution in [0.3, 0.4) is 0 Å². The number of rotatable bonds is 6. The monoisotopic (exact) mass is 372 g/mol. The summed E-state index contributed by atoms with van der Waals surface area (Å²) in [4.78, 5) is 3.23. The molecule has 1 saturated heterocycles. The molecule has 2 aliphatic heterocycles. The van der Waals surface area contributed by atoms with Gasteiger partial charge in [-0.15, -0.1) is 0 Å². The average Bonchev–Trinajstić information content (AvgIpc) is 3.17. The molecule has 2 heterocycles. The van der Waals surface area contributed by atoms with Crippen molar-refractivity contribution in [1.82, 2.24) is 0 Å². The van der Waals surface area contributed by atoms with Gasteiger partial charge in [-0.2, -0.15) is 0 Å². The molecule has 1 fully saturated rings. The van der Waals surface area contributed by atoms with Gasteiger partial charge in [-0.1, -0.05) is 0 Å². The Morgan fingerprint density at radius 1 is 0.815 bits per heavy atom. The maximum atomic E-state index is 5.55. The quantitative estimate of drug-likeness (QED) is 0.745. The summed E-state index contributed by atoms with van der Waals surface area (Å²) in [5.41, 5.74) is 2.56. The minimum absolute atomic E-state index is 0.336. The zero-order chi connectivity index (χ0) is 18.6. The predicted molar refractivity (Wildman–Crippen MR) is 101 cm³/mol. The third-order valence-electron chi connectivity index (χ3n) is 5.49. The van der Waals surface area contributed by atoms with Crippen LogP contribution in [0.2, 0.25) is 0 Å². The molecule has 0 saturated carbocycles. The van der Waals surface area contributed by atoms with E-state index >= 15 is 0 Å². The van der Waals surface area contributed by atoms with Crippen LogP contribution in [0.25, 0.3) is 0 Å². The van der Waals surface area contributed by atoms with E-state index in [0.29, 0.717) is 6.79 Å². The molecule has 2 aliphatic rings. The Labute approximate surface area is 160 Å². The van der Waals surface area contributed by atoms with Gasteiger partial charge in [0, 0.05) is 17.2 Å². The van der Waals surface area contributed by atoms with Gasteiger partial charge >= 0.3 is 0 Å². The summed E-state index contributed by atoms with van der Waals surface area (Å²) in [5.74, 6) is 3.49. The average molecular weight is 372 g/mol. The second-order valence-corrected chi connectivity index (χ2v) is 7.22. The Morgan fingerprint density at radius 2 is 1.56 bits per heavy atom. The third kappa shape index (κ3) is 4.12. The Balaban J connectivity index is 1.31. The molecule has 0 amide bonds. The highest BCUT2D eigenvalue weighted by molar-refractivity contribution is 5.44. The van der Waals surface area contributed by atoms with Crippen LogP contribution in [0.5, 0.6) is 23.0 Å². The number of benzene rings is 2. The number of methoxy groups -OCH3 is 2. The van der Waals surface area contributed by atoms with E-state index in [1.54, 1.807) is 24.0 Å². The molecule has 0 atom stereocenters. The maximum Gasteiger partial charge on any atom is 0.231 e. The summed E-state index contributed by atoms with van der Waals surface area (Å²) < 4.78 is 21.7. The minimum Gasteiger partial charge on any atom is -0.497 e. The van der Waals surface area contributed by atoms with E-state index in [-0.39, 0.29) is 0 Å². The van der Waals surface area contributed by atoms with Gasteiger partial charge in [0.15, 0.2) is 11.5 Å². The van der Waals surface area contributed by atoms with Gasteiger partial charge < -0.3 is 28.7 Å². The lowest BCUT2D eigenvalue weighted by atomic mass is 10.1. The fourth-order valence-corrected chi connectivity index (χ4v) is 3.92. The van der Waals surface area contributed by atoms with Crippen molar-refractivity contribution in [3.8, 4) is 23.0 Å². The van der Waals surface area contributed by atoms with E-state index in [1.165, 1.54) is 24.2 Å². The number of nitrogens with one attached hydrogen (secondary N) is 2. The standard InChI is InChI=1S/C21H26N2O4/c1-24-18-5-4-17(20(12-18)25-2)14-23-9-7-22(8-10-23)13-16-3-6-19-21(11-16)27-15-26-19/h3-6,11-12H,7-10,13-15H2,1-2H3/p+2. The molecular formula is C21H28N2O4+2. The first-order valence-corrected chi connectivity index (χ1v) is 9.51. The van der Waals surface area contributed by atoms with Crippen molar-refractivity contribution < 1.29 is 28.7 Å². The maximum absolute atomic E-state index is 5.55. The lowest BCUT2D eigenvalue weighted by Gasteiger charge is -2.30. The number of hydrogen-bond acceptors (Lipinski definition) is 4. The van der Waals surface area contributed by atoms with E-state index < -0.39 is 0 Å². The molecule has 4 rings (SSSR count). The Morgan fingerprint density at radius 3 is 2.30 bits per heavy atom. The van der Waals surface area contributed by atoms with Gasteiger partial charge in [-0.25, -0.2) is 0 Å². The molecular weight excluding hydrogens is 344 g/mol. The SMILES string of the molecule is COc1ccc(C[NH+]2CC[NH+](Cc3ccc4c(c3)OCO4)CC2)c(OC)c1. The summed E-state index contributed by atoms with van der Waals surface area (Å²) in [6.07, 6.45) is 0. The first-order valence-electron chi connectivity index (χ1n) is 9.51. The number of ether oxygens (including phenoxy) is 4. The molecule has 0 unspecified atom stereocenters. The Hall–Kier alpha value is -2.44. The van der Waals surface area contributed by atoms with Crippen LogP contribution in [0.1, 0.15) is 11.1 Å². The van der Waals surface area contributed by atoms with Crippen molar-refractivity contribution in [1.29, 1.82) is 0 Å². The van der Waals surface area contributed by atoms with Gasteiger partial charge in [0.2, 0.25) is 6.79 Å². The van der Waals surface area contributed by atoms with Crippen LogP contribution in [0.15, 0.2) is 36.4 Å². The van der Waals surface area contributed by atoms with Gasteiger partial charge in [-0.3, -0.25) is 0 Å². The highest BCUT2D eigenvalue weighted by Crippen LogP contribution is 2.32.